The number of esters is 1. The first-order chi connectivity index (χ1) is 9.61. The molecule has 0 bridgehead atoms. The maximum Gasteiger partial charge on any atom is 0.314 e. The first kappa shape index (κ1) is 14.5. The maximum absolute atomic E-state index is 11.6. The first-order valence-corrected chi connectivity index (χ1v) is 6.74. The Hall–Kier alpha value is -1.94. The summed E-state index contributed by atoms with van der Waals surface area (Å²) in [5.41, 5.74) is 2.26. The lowest BCUT2D eigenvalue weighted by molar-refractivity contribution is -0.144. The highest BCUT2D eigenvalue weighted by Gasteiger charge is 2.18. The van der Waals surface area contributed by atoms with Gasteiger partial charge in [0.05, 0.1) is 30.1 Å². The highest BCUT2D eigenvalue weighted by molar-refractivity contribution is 6.30. The van der Waals surface area contributed by atoms with Gasteiger partial charge in [0.15, 0.2) is 0 Å². The number of rotatable bonds is 4. The minimum absolute atomic E-state index is 0.291. The van der Waals surface area contributed by atoms with E-state index in [4.69, 9.17) is 16.3 Å². The Morgan fingerprint density at radius 3 is 2.50 bits per heavy atom. The van der Waals surface area contributed by atoms with Crippen LogP contribution in [0.2, 0.25) is 5.02 Å². The number of benzene rings is 1. The number of nitrogens with zero attached hydrogens (tertiary/aromatic N) is 2. The normalized spacial score (nSPS) is 11.9. The number of ether oxygens (including phenoxy) is 1. The summed E-state index contributed by atoms with van der Waals surface area (Å²) in [6.07, 6.45) is 3.25. The maximum atomic E-state index is 11.6. The highest BCUT2D eigenvalue weighted by atomic mass is 35.5. The van der Waals surface area contributed by atoms with E-state index in [1.54, 1.807) is 38.4 Å². The molecule has 1 atom stereocenters. The molecule has 0 amide bonds. The molecule has 2 aromatic rings. The first-order valence-electron chi connectivity index (χ1n) is 6.36. The van der Waals surface area contributed by atoms with Gasteiger partial charge in [-0.25, -0.2) is 0 Å². The van der Waals surface area contributed by atoms with E-state index in [0.29, 0.717) is 17.3 Å². The lowest BCUT2D eigenvalue weighted by Gasteiger charge is -2.10. The van der Waals surface area contributed by atoms with Gasteiger partial charge in [0.2, 0.25) is 0 Å². The van der Waals surface area contributed by atoms with Crippen molar-refractivity contribution in [3.05, 3.63) is 47.4 Å². The third kappa shape index (κ3) is 3.33. The molecule has 0 saturated heterocycles. The minimum atomic E-state index is -0.415. The van der Waals surface area contributed by atoms with Crippen LogP contribution in [0, 0.1) is 0 Å². The van der Waals surface area contributed by atoms with Crippen LogP contribution in [0.1, 0.15) is 25.5 Å². The average Bonchev–Trinajstić information content (AvgIpc) is 2.48. The predicted octanol–water partition coefficient (Wildman–Crippen LogP) is 3.46. The summed E-state index contributed by atoms with van der Waals surface area (Å²) in [6.45, 7) is 3.89. The van der Waals surface area contributed by atoms with Crippen molar-refractivity contribution in [3.63, 3.8) is 0 Å². The molecule has 0 radical (unpaired) electrons. The van der Waals surface area contributed by atoms with Gasteiger partial charge in [0.1, 0.15) is 0 Å². The van der Waals surface area contributed by atoms with E-state index in [1.165, 1.54) is 0 Å². The molecule has 0 aliphatic carbocycles. The van der Waals surface area contributed by atoms with Crippen LogP contribution in [0.3, 0.4) is 0 Å². The summed E-state index contributed by atoms with van der Waals surface area (Å²) in [6, 6.07) is 7.35. The number of carbonyl (C=O) groups is 1. The van der Waals surface area contributed by atoms with Gasteiger partial charge in [-0.3, -0.25) is 14.8 Å². The van der Waals surface area contributed by atoms with Gasteiger partial charge in [-0.1, -0.05) is 23.7 Å². The molecule has 0 N–H and O–H groups in total. The monoisotopic (exact) mass is 290 g/mol. The number of hydrogen-bond donors (Lipinski definition) is 0. The average molecular weight is 291 g/mol. The zero-order valence-corrected chi connectivity index (χ0v) is 12.1. The van der Waals surface area contributed by atoms with Crippen LogP contribution in [0.5, 0.6) is 0 Å². The minimum Gasteiger partial charge on any atom is -0.465 e. The molecule has 4 nitrogen and oxygen atoms in total. The molecule has 0 spiro atoms. The van der Waals surface area contributed by atoms with Crippen LogP contribution >= 0.6 is 11.6 Å². The lowest BCUT2D eigenvalue weighted by atomic mass is 10.1. The van der Waals surface area contributed by atoms with E-state index >= 15 is 0 Å². The Kier molecular flexibility index (Phi) is 4.69. The Labute approximate surface area is 122 Å². The topological polar surface area (TPSA) is 52.1 Å². The standard InChI is InChI=1S/C15H15ClN2O2/c1-3-20-15(19)10(2)13-8-18-14(9-17-13)11-4-6-12(16)7-5-11/h4-10H,3H2,1-2H3. The van der Waals surface area contributed by atoms with Crippen molar-refractivity contribution in [2.45, 2.75) is 19.8 Å². The number of carbonyl (C=O) groups excluding carboxylic acids is 1. The second-order valence-corrected chi connectivity index (χ2v) is 4.74. The molecule has 20 heavy (non-hydrogen) atoms. The Balaban J connectivity index is 2.17. The van der Waals surface area contributed by atoms with Gasteiger partial charge in [-0.2, -0.15) is 0 Å². The molecule has 1 unspecified atom stereocenters. The molecular weight excluding hydrogens is 276 g/mol. The van der Waals surface area contributed by atoms with Crippen molar-refractivity contribution in [1.82, 2.24) is 9.97 Å². The summed E-state index contributed by atoms with van der Waals surface area (Å²) in [7, 11) is 0. The molecule has 2 rings (SSSR count). The summed E-state index contributed by atoms with van der Waals surface area (Å²) >= 11 is 5.84. The summed E-state index contributed by atoms with van der Waals surface area (Å²) in [4.78, 5) is 20.2. The summed E-state index contributed by atoms with van der Waals surface area (Å²) < 4.78 is 4.96. The Morgan fingerprint density at radius 2 is 1.95 bits per heavy atom. The largest absolute Gasteiger partial charge is 0.465 e. The van der Waals surface area contributed by atoms with E-state index in [0.717, 1.165) is 11.3 Å². The van der Waals surface area contributed by atoms with Crippen molar-refractivity contribution in [3.8, 4) is 11.3 Å². The van der Waals surface area contributed by atoms with Crippen molar-refractivity contribution in [2.75, 3.05) is 6.61 Å². The second-order valence-electron chi connectivity index (χ2n) is 4.31. The third-order valence-corrected chi connectivity index (χ3v) is 3.15. The highest BCUT2D eigenvalue weighted by Crippen LogP contribution is 2.20. The molecule has 1 aromatic heterocycles. The van der Waals surface area contributed by atoms with Crippen molar-refractivity contribution < 1.29 is 9.53 Å². The molecule has 0 fully saturated rings. The van der Waals surface area contributed by atoms with Gasteiger partial charge in [-0.05, 0) is 26.0 Å². The SMILES string of the molecule is CCOC(=O)C(C)c1cnc(-c2ccc(Cl)cc2)cn1. The predicted molar refractivity (Wildman–Crippen MR) is 77.5 cm³/mol. The molecule has 0 aliphatic rings. The van der Waals surface area contributed by atoms with E-state index in [9.17, 15) is 4.79 Å². The van der Waals surface area contributed by atoms with Crippen LogP contribution in [0.15, 0.2) is 36.7 Å². The number of aromatic nitrogens is 2. The molecular formula is C15H15ClN2O2. The summed E-state index contributed by atoms with van der Waals surface area (Å²) in [5.74, 6) is -0.706. The molecule has 1 heterocycles. The van der Waals surface area contributed by atoms with Gasteiger partial charge in [-0.15, -0.1) is 0 Å². The number of hydrogen-bond acceptors (Lipinski definition) is 4. The van der Waals surface area contributed by atoms with Gasteiger partial charge >= 0.3 is 5.97 Å². The molecule has 0 saturated carbocycles. The van der Waals surface area contributed by atoms with E-state index in [-0.39, 0.29) is 5.97 Å². The van der Waals surface area contributed by atoms with E-state index < -0.39 is 5.92 Å². The Morgan fingerprint density at radius 1 is 1.25 bits per heavy atom. The fraction of sp³-hybridized carbons (Fsp3) is 0.267. The van der Waals surface area contributed by atoms with Crippen molar-refractivity contribution in [1.29, 1.82) is 0 Å². The molecule has 5 heteroatoms. The zero-order valence-electron chi connectivity index (χ0n) is 11.3. The molecule has 1 aromatic carbocycles. The van der Waals surface area contributed by atoms with Crippen LogP contribution in [-0.4, -0.2) is 22.5 Å². The smallest absolute Gasteiger partial charge is 0.314 e. The number of halogens is 1. The van der Waals surface area contributed by atoms with Crippen LogP contribution in [0.4, 0.5) is 0 Å². The molecule has 0 aliphatic heterocycles. The quantitative estimate of drug-likeness (QED) is 0.809. The van der Waals surface area contributed by atoms with Crippen LogP contribution in [0.25, 0.3) is 11.3 Å². The van der Waals surface area contributed by atoms with Crippen molar-refractivity contribution in [2.24, 2.45) is 0 Å². The second kappa shape index (κ2) is 6.48. The lowest BCUT2D eigenvalue weighted by Crippen LogP contribution is -2.14. The van der Waals surface area contributed by atoms with Gasteiger partial charge in [0.25, 0.3) is 0 Å². The van der Waals surface area contributed by atoms with Crippen LogP contribution < -0.4 is 0 Å². The fourth-order valence-corrected chi connectivity index (χ4v) is 1.85. The van der Waals surface area contributed by atoms with E-state index in [2.05, 4.69) is 9.97 Å². The molecule has 104 valence electrons. The van der Waals surface area contributed by atoms with E-state index in [1.807, 2.05) is 12.1 Å². The third-order valence-electron chi connectivity index (χ3n) is 2.90. The Bertz CT molecular complexity index is 582. The van der Waals surface area contributed by atoms with Crippen LogP contribution in [-0.2, 0) is 9.53 Å². The summed E-state index contributed by atoms with van der Waals surface area (Å²) in [5, 5.41) is 0.675. The zero-order chi connectivity index (χ0) is 14.5. The van der Waals surface area contributed by atoms with Gasteiger partial charge in [0, 0.05) is 16.8 Å². The van der Waals surface area contributed by atoms with Gasteiger partial charge < -0.3 is 4.74 Å². The van der Waals surface area contributed by atoms with Crippen molar-refractivity contribution >= 4 is 17.6 Å². The fourth-order valence-electron chi connectivity index (χ4n) is 1.72.